The normalized spacial score (nSPS) is 18.4. The van der Waals surface area contributed by atoms with E-state index in [1.165, 1.54) is 6.07 Å². The monoisotopic (exact) mass is 264 g/mol. The molecule has 4 nitrogen and oxygen atoms in total. The van der Waals surface area contributed by atoms with Crippen LogP contribution in [-0.4, -0.2) is 31.5 Å². The average molecular weight is 264 g/mol. The van der Waals surface area contributed by atoms with Gasteiger partial charge >= 0.3 is 0 Å². The van der Waals surface area contributed by atoms with Crippen molar-refractivity contribution in [2.24, 2.45) is 5.41 Å². The second-order valence-corrected chi connectivity index (χ2v) is 5.10. The van der Waals surface area contributed by atoms with Gasteiger partial charge < -0.3 is 15.2 Å². The van der Waals surface area contributed by atoms with Crippen LogP contribution in [0.25, 0.3) is 0 Å². The molecule has 1 fully saturated rings. The fourth-order valence-electron chi connectivity index (χ4n) is 2.07. The minimum Gasteiger partial charge on any atom is -0.396 e. The number of ether oxygens (including phenoxy) is 1. The van der Waals surface area contributed by atoms with E-state index < -0.39 is 0 Å². The topological polar surface area (TPSA) is 65.3 Å². The molecule has 1 unspecified atom stereocenters. The largest absolute Gasteiger partial charge is 0.396 e. The van der Waals surface area contributed by atoms with E-state index in [1.807, 2.05) is 13.0 Å². The highest BCUT2D eigenvalue weighted by Crippen LogP contribution is 2.27. The number of hydrogen-bond donors (Lipinski definition) is 2. The maximum atomic E-state index is 13.8. The molecule has 0 aromatic heterocycles. The highest BCUT2D eigenvalue weighted by Gasteiger charge is 2.38. The number of benzene rings is 1. The van der Waals surface area contributed by atoms with Gasteiger partial charge in [-0.1, -0.05) is 6.07 Å². The first-order chi connectivity index (χ1) is 9.10. The van der Waals surface area contributed by atoms with E-state index in [-0.39, 0.29) is 23.9 Å². The molecule has 1 heterocycles. The van der Waals surface area contributed by atoms with Gasteiger partial charge in [-0.2, -0.15) is 5.26 Å². The molecule has 0 radical (unpaired) electrons. The molecule has 1 aliphatic rings. The molecule has 0 aliphatic carbocycles. The molecule has 102 valence electrons. The minimum atomic E-state index is -0.387. The van der Waals surface area contributed by atoms with Crippen molar-refractivity contribution in [2.45, 2.75) is 13.0 Å². The summed E-state index contributed by atoms with van der Waals surface area (Å²) in [6.45, 7) is 3.54. The van der Waals surface area contributed by atoms with Crippen LogP contribution in [0.4, 0.5) is 4.39 Å². The van der Waals surface area contributed by atoms with Crippen LogP contribution in [0.3, 0.4) is 0 Å². The van der Waals surface area contributed by atoms with Gasteiger partial charge in [0.15, 0.2) is 0 Å². The smallest absolute Gasteiger partial charge is 0.129 e. The van der Waals surface area contributed by atoms with Crippen LogP contribution in [-0.2, 0) is 4.74 Å². The van der Waals surface area contributed by atoms with Crippen LogP contribution in [0, 0.1) is 22.6 Å². The first-order valence-electron chi connectivity index (χ1n) is 6.22. The maximum Gasteiger partial charge on any atom is 0.129 e. The number of halogens is 1. The number of rotatable bonds is 5. The lowest BCUT2D eigenvalue weighted by Gasteiger charge is -2.40. The van der Waals surface area contributed by atoms with Crippen LogP contribution in [0.5, 0.6) is 0 Å². The van der Waals surface area contributed by atoms with Gasteiger partial charge in [-0.3, -0.25) is 0 Å². The first-order valence-corrected chi connectivity index (χ1v) is 6.22. The zero-order valence-corrected chi connectivity index (χ0v) is 10.8. The van der Waals surface area contributed by atoms with Crippen molar-refractivity contribution in [3.8, 4) is 6.07 Å². The minimum absolute atomic E-state index is 0.0581. The molecule has 2 N–H and O–H groups in total. The molecule has 2 rings (SSSR count). The summed E-state index contributed by atoms with van der Waals surface area (Å²) in [6.07, 6.45) is 0. The van der Waals surface area contributed by atoms with E-state index in [1.54, 1.807) is 12.1 Å². The Labute approximate surface area is 111 Å². The van der Waals surface area contributed by atoms with E-state index in [0.29, 0.717) is 30.9 Å². The molecule has 1 aromatic rings. The standard InChI is InChI=1S/C14H17FN2O2/c1-10(17-6-14(7-18)8-19-9-14)12-3-2-11(5-16)4-13(12)15/h2-4,10,17-18H,6-9H2,1H3. The van der Waals surface area contributed by atoms with Crippen molar-refractivity contribution < 1.29 is 14.2 Å². The molecule has 1 saturated heterocycles. The Balaban J connectivity index is 2.00. The SMILES string of the molecule is CC(NCC1(CO)COC1)c1ccc(C#N)cc1F. The van der Waals surface area contributed by atoms with Gasteiger partial charge in [0.1, 0.15) is 5.82 Å². The van der Waals surface area contributed by atoms with Crippen molar-refractivity contribution in [1.82, 2.24) is 5.32 Å². The molecule has 1 aliphatic heterocycles. The summed E-state index contributed by atoms with van der Waals surface area (Å²) < 4.78 is 18.9. The molecule has 0 bridgehead atoms. The summed E-state index contributed by atoms with van der Waals surface area (Å²) in [4.78, 5) is 0. The van der Waals surface area contributed by atoms with Gasteiger partial charge in [0.25, 0.3) is 0 Å². The number of nitrogens with one attached hydrogen (secondary N) is 1. The van der Waals surface area contributed by atoms with Gasteiger partial charge in [0.2, 0.25) is 0 Å². The summed E-state index contributed by atoms with van der Waals surface area (Å²) in [7, 11) is 0. The lowest BCUT2D eigenvalue weighted by Crippen LogP contribution is -2.52. The molecule has 0 amide bonds. The summed E-state index contributed by atoms with van der Waals surface area (Å²) in [6, 6.07) is 6.18. The number of aliphatic hydroxyl groups excluding tert-OH is 1. The second kappa shape index (κ2) is 5.66. The lowest BCUT2D eigenvalue weighted by atomic mass is 9.86. The van der Waals surface area contributed by atoms with Crippen LogP contribution < -0.4 is 5.32 Å². The highest BCUT2D eigenvalue weighted by molar-refractivity contribution is 5.34. The fraction of sp³-hybridized carbons (Fsp3) is 0.500. The Morgan fingerprint density at radius 3 is 2.79 bits per heavy atom. The van der Waals surface area contributed by atoms with Gasteiger partial charge in [-0.05, 0) is 19.1 Å². The zero-order chi connectivity index (χ0) is 13.9. The summed E-state index contributed by atoms with van der Waals surface area (Å²) in [5, 5.41) is 21.2. The average Bonchev–Trinajstić information content (AvgIpc) is 2.37. The third-order valence-corrected chi connectivity index (χ3v) is 3.53. The van der Waals surface area contributed by atoms with Crippen LogP contribution in [0.15, 0.2) is 18.2 Å². The molecule has 1 aromatic carbocycles. The third-order valence-electron chi connectivity index (χ3n) is 3.53. The molecule has 19 heavy (non-hydrogen) atoms. The quantitative estimate of drug-likeness (QED) is 0.842. The number of hydrogen-bond acceptors (Lipinski definition) is 4. The van der Waals surface area contributed by atoms with Crippen LogP contribution in [0.2, 0.25) is 0 Å². The van der Waals surface area contributed by atoms with E-state index in [4.69, 9.17) is 10.00 Å². The molecule has 1 atom stereocenters. The first kappa shape index (κ1) is 13.9. The van der Waals surface area contributed by atoms with Crippen molar-refractivity contribution in [2.75, 3.05) is 26.4 Å². The summed E-state index contributed by atoms with van der Waals surface area (Å²) in [5.74, 6) is -0.387. The third kappa shape index (κ3) is 2.92. The predicted octanol–water partition coefficient (Wildman–Crippen LogP) is 1.36. The Hall–Kier alpha value is -1.48. The summed E-state index contributed by atoms with van der Waals surface area (Å²) >= 11 is 0. The number of nitrogens with zero attached hydrogens (tertiary/aromatic N) is 1. The predicted molar refractivity (Wildman–Crippen MR) is 67.9 cm³/mol. The van der Waals surface area contributed by atoms with Gasteiger partial charge in [0, 0.05) is 18.2 Å². The van der Waals surface area contributed by atoms with Crippen molar-refractivity contribution in [1.29, 1.82) is 5.26 Å². The summed E-state index contributed by atoms with van der Waals surface area (Å²) in [5.41, 5.74) is 0.595. The van der Waals surface area contributed by atoms with Crippen molar-refractivity contribution >= 4 is 0 Å². The van der Waals surface area contributed by atoms with Gasteiger partial charge in [0.05, 0.1) is 36.9 Å². The van der Waals surface area contributed by atoms with E-state index in [2.05, 4.69) is 5.32 Å². The van der Waals surface area contributed by atoms with Crippen LogP contribution >= 0.6 is 0 Å². The highest BCUT2D eigenvalue weighted by atomic mass is 19.1. The lowest BCUT2D eigenvalue weighted by molar-refractivity contribution is -0.135. The molecular weight excluding hydrogens is 247 g/mol. The Morgan fingerprint density at radius 2 is 2.32 bits per heavy atom. The van der Waals surface area contributed by atoms with E-state index in [9.17, 15) is 9.50 Å². The van der Waals surface area contributed by atoms with Crippen LogP contribution in [0.1, 0.15) is 24.1 Å². The van der Waals surface area contributed by atoms with E-state index in [0.717, 1.165) is 0 Å². The number of nitriles is 1. The second-order valence-electron chi connectivity index (χ2n) is 5.10. The Bertz CT molecular complexity index is 489. The molecule has 5 heteroatoms. The van der Waals surface area contributed by atoms with Gasteiger partial charge in [-0.15, -0.1) is 0 Å². The Kier molecular flexibility index (Phi) is 4.15. The molecule has 0 saturated carbocycles. The van der Waals surface area contributed by atoms with Gasteiger partial charge in [-0.25, -0.2) is 4.39 Å². The molecular formula is C14H17FN2O2. The Morgan fingerprint density at radius 1 is 1.58 bits per heavy atom. The van der Waals surface area contributed by atoms with E-state index >= 15 is 0 Å². The maximum absolute atomic E-state index is 13.8. The van der Waals surface area contributed by atoms with Crippen molar-refractivity contribution in [3.05, 3.63) is 35.1 Å². The van der Waals surface area contributed by atoms with Crippen molar-refractivity contribution in [3.63, 3.8) is 0 Å². The molecule has 0 spiro atoms. The zero-order valence-electron chi connectivity index (χ0n) is 10.8. The fourth-order valence-corrected chi connectivity index (χ4v) is 2.07. The number of aliphatic hydroxyl groups is 1.